The zero-order chi connectivity index (χ0) is 20.9. The Morgan fingerprint density at radius 3 is 2.57 bits per heavy atom. The van der Waals surface area contributed by atoms with Crippen LogP contribution >= 0.6 is 0 Å². The number of aliphatic hydroxyl groups excluding tert-OH is 1. The summed E-state index contributed by atoms with van der Waals surface area (Å²) in [6.07, 6.45) is 1.81. The second-order valence-corrected chi connectivity index (χ2v) is 8.65. The third kappa shape index (κ3) is 5.63. The number of esters is 1. The number of benzene rings is 1. The Morgan fingerprint density at radius 1 is 1.36 bits per heavy atom. The summed E-state index contributed by atoms with van der Waals surface area (Å²) in [7, 11) is -2.80. The molecule has 0 aromatic heterocycles. The lowest BCUT2D eigenvalue weighted by molar-refractivity contribution is -0.384. The number of aliphatic hydroxyl groups is 1. The molecule has 0 saturated heterocycles. The van der Waals surface area contributed by atoms with E-state index in [1.165, 1.54) is 12.1 Å². The minimum atomic E-state index is -3.90. The van der Waals surface area contributed by atoms with E-state index in [0.717, 1.165) is 38.9 Å². The van der Waals surface area contributed by atoms with Crippen molar-refractivity contribution < 1.29 is 28.0 Å². The molecule has 0 radical (unpaired) electrons. The van der Waals surface area contributed by atoms with Crippen LogP contribution in [0.3, 0.4) is 0 Å². The quantitative estimate of drug-likeness (QED) is 0.328. The van der Waals surface area contributed by atoms with Crippen LogP contribution in [0.2, 0.25) is 0 Å². The molecule has 1 aromatic rings. The maximum atomic E-state index is 12.6. The molecule has 156 valence electrons. The molecule has 28 heavy (non-hydrogen) atoms. The number of nitro benzene ring substituents is 1. The second kappa shape index (κ2) is 9.30. The normalized spacial score (nSPS) is 21.0. The molecule has 1 aliphatic carbocycles. The maximum absolute atomic E-state index is 12.6. The Morgan fingerprint density at radius 2 is 2.00 bits per heavy atom. The summed E-state index contributed by atoms with van der Waals surface area (Å²) in [4.78, 5) is 21.6. The molecule has 1 saturated carbocycles. The predicted molar refractivity (Wildman–Crippen MR) is 101 cm³/mol. The van der Waals surface area contributed by atoms with Crippen LogP contribution in [0.1, 0.15) is 32.6 Å². The molecule has 0 unspecified atom stereocenters. The van der Waals surface area contributed by atoms with Gasteiger partial charge in [-0.05, 0) is 43.7 Å². The number of carbonyl (C=O) groups excluding carboxylic acids is 1. The van der Waals surface area contributed by atoms with Crippen molar-refractivity contribution in [1.29, 1.82) is 0 Å². The lowest BCUT2D eigenvalue weighted by atomic mass is 9.88. The number of carbonyl (C=O) groups is 1. The first-order chi connectivity index (χ1) is 13.1. The molecule has 0 spiro atoms. The van der Waals surface area contributed by atoms with E-state index < -0.39 is 32.7 Å². The highest BCUT2D eigenvalue weighted by Crippen LogP contribution is 2.29. The summed E-state index contributed by atoms with van der Waals surface area (Å²) in [6.45, 7) is 1.80. The van der Waals surface area contributed by atoms with Crippen molar-refractivity contribution in [2.75, 3.05) is 19.0 Å². The van der Waals surface area contributed by atoms with E-state index in [-0.39, 0.29) is 23.2 Å². The van der Waals surface area contributed by atoms with Crippen LogP contribution in [0.25, 0.3) is 0 Å². The third-order valence-electron chi connectivity index (χ3n) is 4.77. The maximum Gasteiger partial charge on any atom is 0.336 e. The zero-order valence-corrected chi connectivity index (χ0v) is 16.6. The summed E-state index contributed by atoms with van der Waals surface area (Å²) in [5.74, 6) is -0.326. The Hall–Kier alpha value is -2.24. The molecular formula is C17H25N3O7S. The van der Waals surface area contributed by atoms with Crippen molar-refractivity contribution in [3.8, 4) is 0 Å². The van der Waals surface area contributed by atoms with Gasteiger partial charge in [0.2, 0.25) is 10.0 Å². The number of ether oxygens (including phenoxy) is 1. The number of nitro groups is 1. The van der Waals surface area contributed by atoms with Gasteiger partial charge in [-0.1, -0.05) is 6.92 Å². The van der Waals surface area contributed by atoms with E-state index >= 15 is 0 Å². The average Bonchev–Trinajstić information content (AvgIpc) is 2.66. The number of sulfonamides is 1. The van der Waals surface area contributed by atoms with Crippen LogP contribution in [0, 0.1) is 16.0 Å². The fourth-order valence-corrected chi connectivity index (χ4v) is 4.40. The number of nitrogens with zero attached hydrogens (tertiary/aromatic N) is 1. The Bertz CT molecular complexity index is 820. The summed E-state index contributed by atoms with van der Waals surface area (Å²) in [5, 5.41) is 23.5. The molecule has 0 bridgehead atoms. The SMILES string of the molecule is COC(=O)[C@@H](O)CNc1ccc(S(=O)(=O)NC2CCC(C)CC2)cc1[N+](=O)[O-]. The number of hydrogen-bond donors (Lipinski definition) is 3. The molecule has 0 aliphatic heterocycles. The molecule has 0 heterocycles. The van der Waals surface area contributed by atoms with Crippen molar-refractivity contribution in [3.63, 3.8) is 0 Å². The Labute approximate surface area is 163 Å². The molecule has 1 atom stereocenters. The first kappa shape index (κ1) is 22.1. The number of nitrogens with one attached hydrogen (secondary N) is 2. The molecule has 11 heteroatoms. The summed E-state index contributed by atoms with van der Waals surface area (Å²) >= 11 is 0. The highest BCUT2D eigenvalue weighted by atomic mass is 32.2. The Balaban J connectivity index is 2.16. The van der Waals surface area contributed by atoms with Gasteiger partial charge in [-0.2, -0.15) is 0 Å². The van der Waals surface area contributed by atoms with Crippen molar-refractivity contribution in [1.82, 2.24) is 4.72 Å². The smallest absolute Gasteiger partial charge is 0.336 e. The van der Waals surface area contributed by atoms with Crippen molar-refractivity contribution >= 4 is 27.4 Å². The number of hydrogen-bond acceptors (Lipinski definition) is 8. The minimum absolute atomic E-state index is 0.0154. The Kier molecular flexibility index (Phi) is 7.33. The van der Waals surface area contributed by atoms with Crippen LogP contribution in [0.4, 0.5) is 11.4 Å². The van der Waals surface area contributed by atoms with Gasteiger partial charge in [0.15, 0.2) is 6.10 Å². The van der Waals surface area contributed by atoms with Crippen LogP contribution in [0.5, 0.6) is 0 Å². The van der Waals surface area contributed by atoms with E-state index in [9.17, 15) is 28.4 Å². The van der Waals surface area contributed by atoms with E-state index in [0.29, 0.717) is 5.92 Å². The monoisotopic (exact) mass is 415 g/mol. The van der Waals surface area contributed by atoms with Gasteiger partial charge in [0.25, 0.3) is 5.69 Å². The van der Waals surface area contributed by atoms with Gasteiger partial charge < -0.3 is 15.2 Å². The van der Waals surface area contributed by atoms with E-state index in [1.807, 2.05) is 0 Å². The van der Waals surface area contributed by atoms with Crippen molar-refractivity contribution in [2.45, 2.75) is 49.6 Å². The van der Waals surface area contributed by atoms with Crippen LogP contribution in [-0.2, 0) is 19.6 Å². The van der Waals surface area contributed by atoms with Gasteiger partial charge in [0.1, 0.15) is 5.69 Å². The lowest BCUT2D eigenvalue weighted by Gasteiger charge is -2.26. The first-order valence-electron chi connectivity index (χ1n) is 8.94. The van der Waals surface area contributed by atoms with Gasteiger partial charge in [-0.25, -0.2) is 17.9 Å². The predicted octanol–water partition coefficient (Wildman–Crippen LogP) is 1.40. The average molecular weight is 415 g/mol. The lowest BCUT2D eigenvalue weighted by Crippen LogP contribution is -2.37. The first-order valence-corrected chi connectivity index (χ1v) is 10.4. The van der Waals surface area contributed by atoms with Crippen LogP contribution in [-0.4, -0.2) is 50.2 Å². The number of rotatable bonds is 8. The van der Waals surface area contributed by atoms with Gasteiger partial charge in [0, 0.05) is 12.1 Å². The molecule has 1 aromatic carbocycles. The second-order valence-electron chi connectivity index (χ2n) is 6.93. The number of methoxy groups -OCH3 is 1. The van der Waals surface area contributed by atoms with Gasteiger partial charge in [0.05, 0.1) is 23.5 Å². The summed E-state index contributed by atoms with van der Waals surface area (Å²) in [6, 6.07) is 3.25. The minimum Gasteiger partial charge on any atom is -0.467 e. The molecule has 1 aliphatic rings. The van der Waals surface area contributed by atoms with Crippen molar-refractivity contribution in [3.05, 3.63) is 28.3 Å². The standard InChI is InChI=1S/C17H25N3O7S/c1-11-3-5-12(6-4-11)19-28(25,26)13-7-8-14(15(9-13)20(23)24)18-10-16(21)17(22)27-2/h7-9,11-12,16,18-19,21H,3-6,10H2,1-2H3/t11?,12?,16-/m0/s1. The molecule has 0 amide bonds. The van der Waals surface area contributed by atoms with E-state index in [1.54, 1.807) is 0 Å². The van der Waals surface area contributed by atoms with Gasteiger partial charge in [-0.3, -0.25) is 10.1 Å². The highest BCUT2D eigenvalue weighted by molar-refractivity contribution is 7.89. The molecular weight excluding hydrogens is 390 g/mol. The summed E-state index contributed by atoms with van der Waals surface area (Å²) in [5.41, 5.74) is -0.490. The fraction of sp³-hybridized carbons (Fsp3) is 0.588. The third-order valence-corrected chi connectivity index (χ3v) is 6.29. The molecule has 3 N–H and O–H groups in total. The van der Waals surface area contributed by atoms with Crippen LogP contribution in [0.15, 0.2) is 23.1 Å². The molecule has 2 rings (SSSR count). The summed E-state index contributed by atoms with van der Waals surface area (Å²) < 4.78 is 32.2. The number of anilines is 1. The molecule has 1 fully saturated rings. The molecule has 10 nitrogen and oxygen atoms in total. The highest BCUT2D eigenvalue weighted by Gasteiger charge is 2.27. The van der Waals surface area contributed by atoms with Gasteiger partial charge >= 0.3 is 5.97 Å². The van der Waals surface area contributed by atoms with Crippen molar-refractivity contribution in [2.24, 2.45) is 5.92 Å². The van der Waals surface area contributed by atoms with E-state index in [4.69, 9.17) is 0 Å². The van der Waals surface area contributed by atoms with Gasteiger partial charge in [-0.15, -0.1) is 0 Å². The largest absolute Gasteiger partial charge is 0.467 e. The fourth-order valence-electron chi connectivity index (χ4n) is 3.07. The topological polar surface area (TPSA) is 148 Å². The van der Waals surface area contributed by atoms with Crippen LogP contribution < -0.4 is 10.0 Å². The van der Waals surface area contributed by atoms with E-state index in [2.05, 4.69) is 21.7 Å². The zero-order valence-electron chi connectivity index (χ0n) is 15.8.